The molecule has 0 heteroatoms. The first-order valence-electron chi connectivity index (χ1n) is 8.10. The highest BCUT2D eigenvalue weighted by Gasteiger charge is 2.33. The minimum Gasteiger partial charge on any atom is -0.0716 e. The van der Waals surface area contributed by atoms with E-state index in [0.29, 0.717) is 0 Å². The Kier molecular flexibility index (Phi) is 4.71. The van der Waals surface area contributed by atoms with E-state index in [1.165, 1.54) is 49.7 Å². The van der Waals surface area contributed by atoms with E-state index in [4.69, 9.17) is 0 Å². The van der Waals surface area contributed by atoms with E-state index in [1.54, 1.807) is 0 Å². The van der Waals surface area contributed by atoms with Gasteiger partial charge in [0.15, 0.2) is 0 Å². The van der Waals surface area contributed by atoms with Crippen molar-refractivity contribution in [3.8, 4) is 0 Å². The van der Waals surface area contributed by atoms with Gasteiger partial charge >= 0.3 is 0 Å². The van der Waals surface area contributed by atoms with E-state index in [0.717, 1.165) is 11.8 Å². The largest absolute Gasteiger partial charge is 0.0716 e. The maximum atomic E-state index is 2.52. The van der Waals surface area contributed by atoms with E-state index < -0.39 is 0 Å². The quantitative estimate of drug-likeness (QED) is 0.528. The molecule has 0 bridgehead atoms. The van der Waals surface area contributed by atoms with Crippen molar-refractivity contribution >= 4 is 0 Å². The van der Waals surface area contributed by atoms with Crippen molar-refractivity contribution < 1.29 is 0 Å². The van der Waals surface area contributed by atoms with Gasteiger partial charge in [0, 0.05) is 5.41 Å². The molecular weight excluding hydrogens is 228 g/mol. The fourth-order valence-corrected chi connectivity index (χ4v) is 4.02. The van der Waals surface area contributed by atoms with Gasteiger partial charge in [-0.05, 0) is 38.5 Å². The normalized spacial score (nSPS) is 31.2. The van der Waals surface area contributed by atoms with Gasteiger partial charge in [-0.25, -0.2) is 0 Å². The molecule has 1 saturated carbocycles. The Morgan fingerprint density at radius 1 is 1.05 bits per heavy atom. The zero-order valence-corrected chi connectivity index (χ0v) is 13.2. The maximum absolute atomic E-state index is 2.52. The second-order valence-corrected chi connectivity index (χ2v) is 6.97. The number of allylic oxidation sites excluding steroid dienone is 6. The minimum atomic E-state index is 0.259. The molecule has 0 aromatic carbocycles. The molecule has 0 N–H and O–H groups in total. The van der Waals surface area contributed by atoms with E-state index in [-0.39, 0.29) is 5.41 Å². The standard InChI is InChI=1S/C19H30/c1-5-17-8-6-7-9-18(12-17)19(4)13-15(2)10-11-16(3)14-19/h10-11,13-14,17-18H,5-9,12H2,1-4H3. The molecule has 0 aliphatic heterocycles. The zero-order chi connectivity index (χ0) is 13.9. The Hall–Kier alpha value is -0.780. The third kappa shape index (κ3) is 3.61. The van der Waals surface area contributed by atoms with Crippen molar-refractivity contribution in [3.05, 3.63) is 35.5 Å². The molecule has 2 rings (SSSR count). The van der Waals surface area contributed by atoms with Crippen LogP contribution in [-0.2, 0) is 0 Å². The molecule has 19 heavy (non-hydrogen) atoms. The lowest BCUT2D eigenvalue weighted by molar-refractivity contribution is 0.252. The predicted molar refractivity (Wildman–Crippen MR) is 85.1 cm³/mol. The molecule has 0 amide bonds. The molecule has 1 fully saturated rings. The fourth-order valence-electron chi connectivity index (χ4n) is 4.02. The summed E-state index contributed by atoms with van der Waals surface area (Å²) < 4.78 is 0. The van der Waals surface area contributed by atoms with Gasteiger partial charge in [-0.1, -0.05) is 75.0 Å². The van der Waals surface area contributed by atoms with Gasteiger partial charge in [0.25, 0.3) is 0 Å². The lowest BCUT2D eigenvalue weighted by atomic mass is 9.70. The zero-order valence-electron chi connectivity index (χ0n) is 13.2. The molecule has 2 aliphatic carbocycles. The smallest absolute Gasteiger partial charge is 0.00723 e. The highest BCUT2D eigenvalue weighted by atomic mass is 14.4. The van der Waals surface area contributed by atoms with Crippen LogP contribution < -0.4 is 0 Å². The van der Waals surface area contributed by atoms with Crippen LogP contribution >= 0.6 is 0 Å². The molecule has 0 radical (unpaired) electrons. The van der Waals surface area contributed by atoms with Crippen molar-refractivity contribution in [1.29, 1.82) is 0 Å². The summed E-state index contributed by atoms with van der Waals surface area (Å²) in [5, 5.41) is 0. The SMILES string of the molecule is CCC1CCCCC(C2(C)C=C(C)C=CC(C)=C2)C1. The predicted octanol–water partition coefficient (Wildman–Crippen LogP) is 6.06. The third-order valence-electron chi connectivity index (χ3n) is 5.18. The molecule has 2 unspecified atom stereocenters. The molecule has 0 saturated heterocycles. The lowest BCUT2D eigenvalue weighted by Gasteiger charge is -2.34. The van der Waals surface area contributed by atoms with Gasteiger partial charge in [0.1, 0.15) is 0 Å². The Labute approximate surface area is 119 Å². The van der Waals surface area contributed by atoms with Gasteiger partial charge in [0.2, 0.25) is 0 Å². The van der Waals surface area contributed by atoms with Crippen LogP contribution in [-0.4, -0.2) is 0 Å². The first kappa shape index (κ1) is 14.6. The molecule has 0 heterocycles. The van der Waals surface area contributed by atoms with Crippen molar-refractivity contribution in [2.75, 3.05) is 0 Å². The monoisotopic (exact) mass is 258 g/mol. The topological polar surface area (TPSA) is 0 Å². The summed E-state index contributed by atoms with van der Waals surface area (Å²) in [5.41, 5.74) is 3.11. The molecule has 2 aliphatic rings. The Morgan fingerprint density at radius 3 is 2.21 bits per heavy atom. The van der Waals surface area contributed by atoms with Crippen LogP contribution in [0.3, 0.4) is 0 Å². The lowest BCUT2D eigenvalue weighted by Crippen LogP contribution is -2.25. The number of hydrogen-bond acceptors (Lipinski definition) is 0. The molecular formula is C19H30. The molecule has 106 valence electrons. The first-order chi connectivity index (χ1) is 9.03. The molecule has 2 atom stereocenters. The fraction of sp³-hybridized carbons (Fsp3) is 0.684. The molecule has 0 spiro atoms. The number of rotatable bonds is 2. The Morgan fingerprint density at radius 2 is 1.63 bits per heavy atom. The summed E-state index contributed by atoms with van der Waals surface area (Å²) in [4.78, 5) is 0. The highest BCUT2D eigenvalue weighted by Crippen LogP contribution is 2.44. The summed E-state index contributed by atoms with van der Waals surface area (Å²) >= 11 is 0. The van der Waals surface area contributed by atoms with Crippen molar-refractivity contribution in [2.24, 2.45) is 17.3 Å². The van der Waals surface area contributed by atoms with Gasteiger partial charge in [-0.15, -0.1) is 0 Å². The first-order valence-corrected chi connectivity index (χ1v) is 8.10. The van der Waals surface area contributed by atoms with Gasteiger partial charge < -0.3 is 0 Å². The van der Waals surface area contributed by atoms with Gasteiger partial charge in [-0.2, -0.15) is 0 Å². The van der Waals surface area contributed by atoms with E-state index in [1.807, 2.05) is 0 Å². The molecule has 0 aromatic rings. The summed E-state index contributed by atoms with van der Waals surface area (Å²) in [6.07, 6.45) is 18.1. The van der Waals surface area contributed by atoms with Crippen molar-refractivity contribution in [3.63, 3.8) is 0 Å². The van der Waals surface area contributed by atoms with E-state index in [2.05, 4.69) is 52.0 Å². The molecule has 0 nitrogen and oxygen atoms in total. The van der Waals surface area contributed by atoms with Crippen molar-refractivity contribution in [1.82, 2.24) is 0 Å². The van der Waals surface area contributed by atoms with Gasteiger partial charge in [-0.3, -0.25) is 0 Å². The number of hydrogen-bond donors (Lipinski definition) is 0. The second kappa shape index (κ2) is 6.11. The van der Waals surface area contributed by atoms with E-state index in [9.17, 15) is 0 Å². The highest BCUT2D eigenvalue weighted by molar-refractivity contribution is 5.35. The summed E-state index contributed by atoms with van der Waals surface area (Å²) in [6.45, 7) is 9.31. The summed E-state index contributed by atoms with van der Waals surface area (Å²) in [7, 11) is 0. The average molecular weight is 258 g/mol. The van der Waals surface area contributed by atoms with Crippen LogP contribution in [0.5, 0.6) is 0 Å². The van der Waals surface area contributed by atoms with Crippen LogP contribution in [0.25, 0.3) is 0 Å². The van der Waals surface area contributed by atoms with Crippen LogP contribution in [0.15, 0.2) is 35.5 Å². The Balaban J connectivity index is 2.26. The molecule has 0 aromatic heterocycles. The maximum Gasteiger partial charge on any atom is 0.00723 e. The van der Waals surface area contributed by atoms with Crippen LogP contribution in [0.1, 0.15) is 66.2 Å². The van der Waals surface area contributed by atoms with E-state index >= 15 is 0 Å². The van der Waals surface area contributed by atoms with Crippen molar-refractivity contribution in [2.45, 2.75) is 66.2 Å². The average Bonchev–Trinajstić information content (AvgIpc) is 2.67. The van der Waals surface area contributed by atoms with Crippen LogP contribution in [0, 0.1) is 17.3 Å². The van der Waals surface area contributed by atoms with Crippen LogP contribution in [0.2, 0.25) is 0 Å². The third-order valence-corrected chi connectivity index (χ3v) is 5.18. The van der Waals surface area contributed by atoms with Crippen LogP contribution in [0.4, 0.5) is 0 Å². The summed E-state index contributed by atoms with van der Waals surface area (Å²) in [6, 6.07) is 0. The second-order valence-electron chi connectivity index (χ2n) is 6.97. The Bertz CT molecular complexity index is 372. The van der Waals surface area contributed by atoms with Gasteiger partial charge in [0.05, 0.1) is 0 Å². The summed E-state index contributed by atoms with van der Waals surface area (Å²) in [5.74, 6) is 1.77. The minimum absolute atomic E-state index is 0.259.